The number of nitrogens with one attached hydrogen (secondary N) is 1. The van der Waals surface area contributed by atoms with E-state index in [1.807, 2.05) is 0 Å². The topological polar surface area (TPSA) is 115 Å². The van der Waals surface area contributed by atoms with Gasteiger partial charge in [-0.2, -0.15) is 0 Å². The van der Waals surface area contributed by atoms with E-state index in [0.29, 0.717) is 16.3 Å². The summed E-state index contributed by atoms with van der Waals surface area (Å²) >= 11 is 5.98. The summed E-state index contributed by atoms with van der Waals surface area (Å²) in [6.45, 7) is 3.06. The van der Waals surface area contributed by atoms with E-state index in [-0.39, 0.29) is 11.1 Å². The predicted molar refractivity (Wildman–Crippen MR) is 88.6 cm³/mol. The lowest BCUT2D eigenvalue weighted by atomic mass is 10.0. The van der Waals surface area contributed by atoms with Crippen molar-refractivity contribution in [3.05, 3.63) is 72.3 Å². The minimum absolute atomic E-state index is 0.0442. The number of rotatable bonds is 4. The molecule has 124 valence electrons. The number of anilines is 1. The number of amides is 1. The summed E-state index contributed by atoms with van der Waals surface area (Å²) in [5, 5.41) is 25.0. The molecule has 0 atom stereocenters. The maximum atomic E-state index is 12.4. The van der Waals surface area contributed by atoms with Gasteiger partial charge in [0.1, 0.15) is 0 Å². The molecule has 1 N–H and O–H groups in total. The lowest BCUT2D eigenvalue weighted by Gasteiger charge is -2.11. The zero-order valence-electron chi connectivity index (χ0n) is 12.7. The Kier molecular flexibility index (Phi) is 4.79. The van der Waals surface area contributed by atoms with Gasteiger partial charge in [-0.05, 0) is 31.5 Å². The molecule has 0 fully saturated rings. The van der Waals surface area contributed by atoms with Crippen molar-refractivity contribution in [1.82, 2.24) is 0 Å². The molecule has 2 aromatic rings. The van der Waals surface area contributed by atoms with E-state index < -0.39 is 27.1 Å². The van der Waals surface area contributed by atoms with E-state index in [1.54, 1.807) is 25.1 Å². The third kappa shape index (κ3) is 3.33. The molecule has 9 heteroatoms. The number of carbonyl (C=O) groups excluding carboxylic acids is 1. The molecule has 2 rings (SSSR count). The third-order valence-electron chi connectivity index (χ3n) is 3.53. The fraction of sp³-hybridized carbons (Fsp3) is 0.133. The largest absolute Gasteiger partial charge is 0.322 e. The zero-order chi connectivity index (χ0) is 18.0. The first kappa shape index (κ1) is 17.4. The Morgan fingerprint density at radius 1 is 1.08 bits per heavy atom. The first-order valence-corrected chi connectivity index (χ1v) is 7.10. The maximum absolute atomic E-state index is 12.4. The van der Waals surface area contributed by atoms with Gasteiger partial charge in [-0.1, -0.05) is 17.7 Å². The van der Waals surface area contributed by atoms with Gasteiger partial charge in [0.2, 0.25) is 0 Å². The molecule has 0 aliphatic rings. The first-order chi connectivity index (χ1) is 11.2. The third-order valence-corrected chi connectivity index (χ3v) is 3.94. The molecular weight excluding hydrogens is 338 g/mol. The summed E-state index contributed by atoms with van der Waals surface area (Å²) in [5.41, 5.74) is -0.0818. The van der Waals surface area contributed by atoms with Gasteiger partial charge in [-0.3, -0.25) is 25.0 Å². The summed E-state index contributed by atoms with van der Waals surface area (Å²) in [7, 11) is 0. The molecule has 0 spiro atoms. The second kappa shape index (κ2) is 6.63. The zero-order valence-corrected chi connectivity index (χ0v) is 13.5. The standard InChI is InChI=1S/C15H12ClN3O5/c1-8-11(6-10(18(21)22)7-14(8)19(23)24)15(20)17-13-5-3-4-12(16)9(13)2/h3-7H,1-2H3,(H,17,20). The van der Waals surface area contributed by atoms with Crippen LogP contribution in [0.1, 0.15) is 21.5 Å². The highest BCUT2D eigenvalue weighted by molar-refractivity contribution is 6.31. The SMILES string of the molecule is Cc1c(Cl)cccc1NC(=O)c1cc([N+](=O)[O-])cc([N+](=O)[O-])c1C. The Morgan fingerprint density at radius 3 is 2.33 bits per heavy atom. The number of carbonyl (C=O) groups is 1. The van der Waals surface area contributed by atoms with Gasteiger partial charge in [0.15, 0.2) is 0 Å². The average Bonchev–Trinajstić information content (AvgIpc) is 2.51. The Bertz CT molecular complexity index is 866. The van der Waals surface area contributed by atoms with Crippen LogP contribution in [0.25, 0.3) is 0 Å². The van der Waals surface area contributed by atoms with Gasteiger partial charge in [0, 0.05) is 22.3 Å². The van der Waals surface area contributed by atoms with Crippen molar-refractivity contribution in [2.24, 2.45) is 0 Å². The van der Waals surface area contributed by atoms with Crippen LogP contribution in [0.4, 0.5) is 17.1 Å². The number of hydrogen-bond donors (Lipinski definition) is 1. The molecule has 0 saturated heterocycles. The van der Waals surface area contributed by atoms with Crippen molar-refractivity contribution in [3.63, 3.8) is 0 Å². The van der Waals surface area contributed by atoms with Crippen LogP contribution >= 0.6 is 11.6 Å². The predicted octanol–water partition coefficient (Wildman–Crippen LogP) is 4.03. The first-order valence-electron chi connectivity index (χ1n) is 6.72. The summed E-state index contributed by atoms with van der Waals surface area (Å²) in [6, 6.07) is 6.73. The minimum Gasteiger partial charge on any atom is -0.322 e. The van der Waals surface area contributed by atoms with Crippen molar-refractivity contribution >= 4 is 34.6 Å². The van der Waals surface area contributed by atoms with Gasteiger partial charge in [0.25, 0.3) is 17.3 Å². The van der Waals surface area contributed by atoms with Crippen LogP contribution in [0, 0.1) is 34.1 Å². The Morgan fingerprint density at radius 2 is 1.75 bits per heavy atom. The summed E-state index contributed by atoms with van der Waals surface area (Å²) in [5.74, 6) is -0.690. The smallest absolute Gasteiger partial charge is 0.279 e. The molecule has 2 aromatic carbocycles. The van der Waals surface area contributed by atoms with Gasteiger partial charge >= 0.3 is 0 Å². The van der Waals surface area contributed by atoms with Crippen LogP contribution in [0.15, 0.2) is 30.3 Å². The molecule has 0 aliphatic heterocycles. The van der Waals surface area contributed by atoms with E-state index in [9.17, 15) is 25.0 Å². The van der Waals surface area contributed by atoms with Crippen molar-refractivity contribution in [2.45, 2.75) is 13.8 Å². The van der Waals surface area contributed by atoms with E-state index in [1.165, 1.54) is 6.92 Å². The van der Waals surface area contributed by atoms with Gasteiger partial charge in [-0.15, -0.1) is 0 Å². The van der Waals surface area contributed by atoms with Crippen molar-refractivity contribution in [1.29, 1.82) is 0 Å². The van der Waals surface area contributed by atoms with Gasteiger partial charge in [0.05, 0.1) is 21.5 Å². The van der Waals surface area contributed by atoms with E-state index in [4.69, 9.17) is 11.6 Å². The van der Waals surface area contributed by atoms with E-state index in [2.05, 4.69) is 5.32 Å². The number of nitro groups is 2. The van der Waals surface area contributed by atoms with E-state index >= 15 is 0 Å². The van der Waals surface area contributed by atoms with Gasteiger partial charge in [-0.25, -0.2) is 0 Å². The number of non-ortho nitro benzene ring substituents is 1. The lowest BCUT2D eigenvalue weighted by molar-refractivity contribution is -0.394. The van der Waals surface area contributed by atoms with Crippen LogP contribution in [0.2, 0.25) is 5.02 Å². The van der Waals surface area contributed by atoms with Gasteiger partial charge < -0.3 is 5.32 Å². The fourth-order valence-corrected chi connectivity index (χ4v) is 2.32. The molecular formula is C15H12ClN3O5. The Labute approximate surface area is 141 Å². The average molecular weight is 350 g/mol. The number of halogens is 1. The second-order valence-electron chi connectivity index (χ2n) is 5.02. The molecule has 1 amide bonds. The Hall–Kier alpha value is -3.00. The normalized spacial score (nSPS) is 10.3. The van der Waals surface area contributed by atoms with Crippen LogP contribution in [-0.4, -0.2) is 15.8 Å². The fourth-order valence-electron chi connectivity index (χ4n) is 2.15. The highest BCUT2D eigenvalue weighted by Gasteiger charge is 2.25. The highest BCUT2D eigenvalue weighted by Crippen LogP contribution is 2.29. The molecule has 0 heterocycles. The summed E-state index contributed by atoms with van der Waals surface area (Å²) in [4.78, 5) is 32.9. The number of hydrogen-bond acceptors (Lipinski definition) is 5. The molecule has 0 aliphatic carbocycles. The van der Waals surface area contributed by atoms with Crippen molar-refractivity contribution in [3.8, 4) is 0 Å². The number of nitrogens with zero attached hydrogens (tertiary/aromatic N) is 2. The molecule has 0 bridgehead atoms. The number of benzene rings is 2. The lowest BCUT2D eigenvalue weighted by Crippen LogP contribution is -2.15. The molecule has 0 unspecified atom stereocenters. The summed E-state index contributed by atoms with van der Waals surface area (Å²) < 4.78 is 0. The molecule has 24 heavy (non-hydrogen) atoms. The highest BCUT2D eigenvalue weighted by atomic mass is 35.5. The summed E-state index contributed by atoms with van der Waals surface area (Å²) in [6.07, 6.45) is 0. The van der Waals surface area contributed by atoms with Crippen LogP contribution in [0.3, 0.4) is 0 Å². The van der Waals surface area contributed by atoms with Crippen molar-refractivity contribution < 1.29 is 14.6 Å². The van der Waals surface area contributed by atoms with E-state index in [0.717, 1.165) is 12.1 Å². The maximum Gasteiger partial charge on any atom is 0.279 e. The molecule has 0 radical (unpaired) electrons. The number of nitro benzene ring substituents is 2. The van der Waals surface area contributed by atoms with Crippen LogP contribution in [0.5, 0.6) is 0 Å². The second-order valence-corrected chi connectivity index (χ2v) is 5.43. The molecule has 0 saturated carbocycles. The van der Waals surface area contributed by atoms with Crippen LogP contribution < -0.4 is 5.32 Å². The monoisotopic (exact) mass is 349 g/mol. The minimum atomic E-state index is -0.784. The Balaban J connectivity index is 2.50. The quantitative estimate of drug-likeness (QED) is 0.660. The van der Waals surface area contributed by atoms with Crippen LogP contribution in [-0.2, 0) is 0 Å². The van der Waals surface area contributed by atoms with Crippen molar-refractivity contribution in [2.75, 3.05) is 5.32 Å². The molecule has 0 aromatic heterocycles. The molecule has 8 nitrogen and oxygen atoms in total.